The van der Waals surface area contributed by atoms with Crippen molar-refractivity contribution >= 4 is 39.1 Å². The van der Waals surface area contributed by atoms with Gasteiger partial charge in [0.05, 0.1) is 36.4 Å². The molecule has 2 amide bonds. The van der Waals surface area contributed by atoms with E-state index in [1.54, 1.807) is 6.92 Å². The lowest BCUT2D eigenvalue weighted by Crippen LogP contribution is -2.33. The minimum Gasteiger partial charge on any atom is -0.495 e. The van der Waals surface area contributed by atoms with Crippen LogP contribution in [-0.2, 0) is 14.8 Å². The zero-order chi connectivity index (χ0) is 21.8. The summed E-state index contributed by atoms with van der Waals surface area (Å²) in [5, 5.41) is 2.51. The minimum absolute atomic E-state index is 0.0915. The number of nitrogens with two attached hydrogens (primary N) is 1. The third-order valence-electron chi connectivity index (χ3n) is 3.91. The van der Waals surface area contributed by atoms with E-state index in [4.69, 9.17) is 26.8 Å². The van der Waals surface area contributed by atoms with Crippen molar-refractivity contribution in [1.82, 2.24) is 5.32 Å². The van der Waals surface area contributed by atoms with Crippen LogP contribution >= 0.6 is 11.6 Å². The fourth-order valence-corrected chi connectivity index (χ4v) is 3.75. The molecule has 0 bridgehead atoms. The summed E-state index contributed by atoms with van der Waals surface area (Å²) in [6, 6.07) is 6.82. The Balaban J connectivity index is 2.39. The highest BCUT2D eigenvalue weighted by atomic mass is 35.5. The molecule has 2 aromatic rings. The van der Waals surface area contributed by atoms with E-state index < -0.39 is 21.8 Å². The fourth-order valence-electron chi connectivity index (χ4n) is 2.42. The highest BCUT2D eigenvalue weighted by Gasteiger charge is 2.21. The SMILES string of the molecule is COc1cc(OC)c(NS(=O)(=O)c2ccc(C)c(C(=O)NCC(N)=O)c2)cc1Cl. The Labute approximate surface area is 173 Å². The topological polar surface area (TPSA) is 137 Å². The number of hydrogen-bond acceptors (Lipinski definition) is 6. The number of aryl methyl sites for hydroxylation is 1. The molecule has 0 radical (unpaired) electrons. The number of carbonyl (C=O) groups excluding carboxylic acids is 2. The molecule has 0 heterocycles. The van der Waals surface area contributed by atoms with E-state index in [-0.39, 0.29) is 33.5 Å². The van der Waals surface area contributed by atoms with Gasteiger partial charge in [0.1, 0.15) is 11.5 Å². The maximum atomic E-state index is 12.8. The number of sulfonamides is 1. The Kier molecular flexibility index (Phi) is 6.93. The highest BCUT2D eigenvalue weighted by molar-refractivity contribution is 7.92. The number of benzene rings is 2. The van der Waals surface area contributed by atoms with Crippen molar-refractivity contribution < 1.29 is 27.5 Å². The third-order valence-corrected chi connectivity index (χ3v) is 5.56. The maximum Gasteiger partial charge on any atom is 0.262 e. The number of anilines is 1. The quantitative estimate of drug-likeness (QED) is 0.570. The molecule has 0 atom stereocenters. The molecule has 29 heavy (non-hydrogen) atoms. The molecule has 11 heteroatoms. The van der Waals surface area contributed by atoms with Gasteiger partial charge in [-0.25, -0.2) is 8.42 Å². The molecule has 9 nitrogen and oxygen atoms in total. The predicted molar refractivity (Wildman–Crippen MR) is 108 cm³/mol. The van der Waals surface area contributed by atoms with Crippen molar-refractivity contribution in [2.75, 3.05) is 25.5 Å². The average Bonchev–Trinajstić information content (AvgIpc) is 2.66. The van der Waals surface area contributed by atoms with E-state index in [0.29, 0.717) is 11.3 Å². The number of amides is 2. The minimum atomic E-state index is -4.09. The molecule has 0 saturated heterocycles. The van der Waals surface area contributed by atoms with Gasteiger partial charge in [0.15, 0.2) is 0 Å². The maximum absolute atomic E-state index is 12.8. The van der Waals surface area contributed by atoms with Gasteiger partial charge in [-0.2, -0.15) is 0 Å². The zero-order valence-corrected chi connectivity index (χ0v) is 17.5. The van der Waals surface area contributed by atoms with Crippen molar-refractivity contribution in [3.05, 3.63) is 46.5 Å². The Morgan fingerprint density at radius 3 is 2.34 bits per heavy atom. The van der Waals surface area contributed by atoms with Gasteiger partial charge >= 0.3 is 0 Å². The monoisotopic (exact) mass is 441 g/mol. The van der Waals surface area contributed by atoms with Gasteiger partial charge in [-0.1, -0.05) is 17.7 Å². The second kappa shape index (κ2) is 9.01. The van der Waals surface area contributed by atoms with Gasteiger partial charge in [-0.3, -0.25) is 14.3 Å². The van der Waals surface area contributed by atoms with Gasteiger partial charge in [0.25, 0.3) is 15.9 Å². The highest BCUT2D eigenvalue weighted by Crippen LogP contribution is 2.37. The number of ether oxygens (including phenoxy) is 2. The van der Waals surface area contributed by atoms with E-state index >= 15 is 0 Å². The number of halogens is 1. The number of rotatable bonds is 8. The number of primary amides is 1. The fraction of sp³-hybridized carbons (Fsp3) is 0.222. The summed E-state index contributed by atoms with van der Waals surface area (Å²) in [5.74, 6) is -0.829. The summed E-state index contributed by atoms with van der Waals surface area (Å²) in [6.07, 6.45) is 0. The van der Waals surface area contributed by atoms with Crippen LogP contribution < -0.4 is 25.2 Å². The van der Waals surface area contributed by atoms with Crippen LogP contribution in [0.3, 0.4) is 0 Å². The molecule has 4 N–H and O–H groups in total. The molecule has 156 valence electrons. The molecule has 2 aromatic carbocycles. The van der Waals surface area contributed by atoms with Crippen LogP contribution in [0, 0.1) is 6.92 Å². The molecular weight excluding hydrogens is 422 g/mol. The van der Waals surface area contributed by atoms with Gasteiger partial charge in [-0.15, -0.1) is 0 Å². The standard InChI is InChI=1S/C18H20ClN3O6S/c1-10-4-5-11(6-12(10)18(24)21-9-17(20)23)29(25,26)22-14-7-13(19)15(27-2)8-16(14)28-3/h4-8,22H,9H2,1-3H3,(H2,20,23)(H,21,24). The van der Waals surface area contributed by atoms with E-state index in [2.05, 4.69) is 10.0 Å². The molecule has 2 rings (SSSR count). The molecule has 0 aliphatic carbocycles. The molecular formula is C18H20ClN3O6S. The van der Waals surface area contributed by atoms with Gasteiger partial charge in [0, 0.05) is 11.6 Å². The zero-order valence-electron chi connectivity index (χ0n) is 15.9. The van der Waals surface area contributed by atoms with Crippen LogP contribution in [-0.4, -0.2) is 41.0 Å². The Bertz CT molecular complexity index is 1060. The van der Waals surface area contributed by atoms with Gasteiger partial charge in [-0.05, 0) is 30.7 Å². The summed E-state index contributed by atoms with van der Waals surface area (Å²) in [4.78, 5) is 22.9. The summed E-state index contributed by atoms with van der Waals surface area (Å²) >= 11 is 6.08. The predicted octanol–water partition coefficient (Wildman–Crippen LogP) is 1.68. The first kappa shape index (κ1) is 22.3. The first-order chi connectivity index (χ1) is 13.6. The van der Waals surface area contributed by atoms with Crippen LogP contribution in [0.5, 0.6) is 11.5 Å². The van der Waals surface area contributed by atoms with E-state index in [0.717, 1.165) is 0 Å². The molecule has 0 aliphatic rings. The summed E-state index contributed by atoms with van der Waals surface area (Å²) in [6.45, 7) is 1.27. The smallest absolute Gasteiger partial charge is 0.262 e. The number of nitrogens with one attached hydrogen (secondary N) is 2. The molecule has 0 aliphatic heterocycles. The van der Waals surface area contributed by atoms with Crippen LogP contribution in [0.4, 0.5) is 5.69 Å². The number of hydrogen-bond donors (Lipinski definition) is 3. The first-order valence-electron chi connectivity index (χ1n) is 8.20. The molecule has 0 fully saturated rings. The van der Waals surface area contributed by atoms with Crippen LogP contribution in [0.1, 0.15) is 15.9 Å². The number of carbonyl (C=O) groups is 2. The largest absolute Gasteiger partial charge is 0.495 e. The van der Waals surface area contributed by atoms with Crippen molar-refractivity contribution in [2.24, 2.45) is 5.73 Å². The molecule has 0 aromatic heterocycles. The Morgan fingerprint density at radius 2 is 1.76 bits per heavy atom. The van der Waals surface area contributed by atoms with Crippen LogP contribution in [0.25, 0.3) is 0 Å². The van der Waals surface area contributed by atoms with E-state index in [1.807, 2.05) is 0 Å². The van der Waals surface area contributed by atoms with Gasteiger partial charge < -0.3 is 20.5 Å². The second-order valence-electron chi connectivity index (χ2n) is 5.92. The third kappa shape index (κ3) is 5.30. The molecule has 0 unspecified atom stereocenters. The number of methoxy groups -OCH3 is 2. The summed E-state index contributed by atoms with van der Waals surface area (Å²) in [7, 11) is -1.30. The van der Waals surface area contributed by atoms with Crippen molar-refractivity contribution in [3.8, 4) is 11.5 Å². The van der Waals surface area contributed by atoms with E-state index in [9.17, 15) is 18.0 Å². The van der Waals surface area contributed by atoms with Gasteiger partial charge in [0.2, 0.25) is 5.91 Å². The normalized spacial score (nSPS) is 10.9. The Hall–Kier alpha value is -2.98. The first-order valence-corrected chi connectivity index (χ1v) is 10.1. The van der Waals surface area contributed by atoms with Crippen molar-refractivity contribution in [1.29, 1.82) is 0 Å². The lowest BCUT2D eigenvalue weighted by Gasteiger charge is -2.15. The molecule has 0 spiro atoms. The van der Waals surface area contributed by atoms with Crippen LogP contribution in [0.2, 0.25) is 5.02 Å². The summed E-state index contributed by atoms with van der Waals surface area (Å²) < 4.78 is 38.3. The van der Waals surface area contributed by atoms with Crippen LogP contribution in [0.15, 0.2) is 35.2 Å². The lowest BCUT2D eigenvalue weighted by molar-refractivity contribution is -0.117. The van der Waals surface area contributed by atoms with Crippen molar-refractivity contribution in [2.45, 2.75) is 11.8 Å². The average molecular weight is 442 g/mol. The molecule has 0 saturated carbocycles. The van der Waals surface area contributed by atoms with Crippen molar-refractivity contribution in [3.63, 3.8) is 0 Å². The lowest BCUT2D eigenvalue weighted by atomic mass is 10.1. The Morgan fingerprint density at radius 1 is 1.10 bits per heavy atom. The van der Waals surface area contributed by atoms with E-state index in [1.165, 1.54) is 44.6 Å². The second-order valence-corrected chi connectivity index (χ2v) is 8.01. The summed E-state index contributed by atoms with van der Waals surface area (Å²) in [5.41, 5.74) is 5.72.